The van der Waals surface area contributed by atoms with Crippen molar-refractivity contribution >= 4 is 0 Å². The van der Waals surface area contributed by atoms with Crippen LogP contribution in [0.2, 0.25) is 0 Å². The topological polar surface area (TPSA) is 36.3 Å². The predicted octanol–water partition coefficient (Wildman–Crippen LogP) is 1.98. The molecule has 0 aliphatic heterocycles. The van der Waals surface area contributed by atoms with E-state index in [1.54, 1.807) is 0 Å². The van der Waals surface area contributed by atoms with E-state index in [1.807, 2.05) is 33.2 Å². The quantitative estimate of drug-likeness (QED) is 0.648. The fraction of sp³-hybridized carbons (Fsp3) is 0.727. The minimum Gasteiger partial charge on any atom is -0.353 e. The summed E-state index contributed by atoms with van der Waals surface area (Å²) in [5, 5.41) is 0. The van der Waals surface area contributed by atoms with E-state index in [-0.39, 0.29) is 6.29 Å². The molecule has 4 heteroatoms. The third-order valence-electron chi connectivity index (χ3n) is 2.23. The first-order valence-electron chi connectivity index (χ1n) is 5.48. The van der Waals surface area contributed by atoms with Crippen LogP contribution in [0.25, 0.3) is 0 Å². The van der Waals surface area contributed by atoms with Crippen molar-refractivity contribution in [3.05, 3.63) is 18.2 Å². The largest absolute Gasteiger partial charge is 0.353 e. The molecule has 1 aromatic rings. The standard InChI is InChI=1S/C11H20N2O2/c1-4-14-11(15-5-2)6-8-13-9-7-12-10(13)3/h7,9,11H,4-6,8H2,1-3H3. The summed E-state index contributed by atoms with van der Waals surface area (Å²) in [6.07, 6.45) is 4.55. The molecule has 86 valence electrons. The Balaban J connectivity index is 2.36. The van der Waals surface area contributed by atoms with Crippen LogP contribution in [-0.4, -0.2) is 29.1 Å². The van der Waals surface area contributed by atoms with Crippen LogP contribution in [-0.2, 0) is 16.0 Å². The van der Waals surface area contributed by atoms with Gasteiger partial charge in [0.2, 0.25) is 0 Å². The molecule has 1 heterocycles. The number of nitrogens with zero attached hydrogens (tertiary/aromatic N) is 2. The zero-order valence-corrected chi connectivity index (χ0v) is 9.77. The van der Waals surface area contributed by atoms with Crippen molar-refractivity contribution in [1.29, 1.82) is 0 Å². The van der Waals surface area contributed by atoms with Crippen LogP contribution in [0.1, 0.15) is 26.1 Å². The van der Waals surface area contributed by atoms with Crippen LogP contribution < -0.4 is 0 Å². The Morgan fingerprint density at radius 1 is 1.33 bits per heavy atom. The lowest BCUT2D eigenvalue weighted by molar-refractivity contribution is -0.140. The van der Waals surface area contributed by atoms with Gasteiger partial charge in [0.05, 0.1) is 0 Å². The van der Waals surface area contributed by atoms with Crippen LogP contribution in [0.15, 0.2) is 12.4 Å². The lowest BCUT2D eigenvalue weighted by Crippen LogP contribution is -2.19. The number of aryl methyl sites for hydroxylation is 2. The Bertz CT molecular complexity index is 267. The molecule has 4 nitrogen and oxygen atoms in total. The number of hydrogen-bond donors (Lipinski definition) is 0. The highest BCUT2D eigenvalue weighted by molar-refractivity contribution is 4.88. The summed E-state index contributed by atoms with van der Waals surface area (Å²) in [7, 11) is 0. The summed E-state index contributed by atoms with van der Waals surface area (Å²) in [4.78, 5) is 4.17. The van der Waals surface area contributed by atoms with Gasteiger partial charge in [-0.3, -0.25) is 0 Å². The second-order valence-corrected chi connectivity index (χ2v) is 3.30. The molecular formula is C11H20N2O2. The molecule has 0 bridgehead atoms. The van der Waals surface area contributed by atoms with Crippen molar-refractivity contribution in [3.8, 4) is 0 Å². The Hall–Kier alpha value is -0.870. The normalized spacial score (nSPS) is 11.2. The number of imidazole rings is 1. The highest BCUT2D eigenvalue weighted by Crippen LogP contribution is 2.05. The summed E-state index contributed by atoms with van der Waals surface area (Å²) >= 11 is 0. The molecule has 15 heavy (non-hydrogen) atoms. The lowest BCUT2D eigenvalue weighted by Gasteiger charge is -2.17. The van der Waals surface area contributed by atoms with E-state index in [0.717, 1.165) is 18.8 Å². The molecule has 0 N–H and O–H groups in total. The van der Waals surface area contributed by atoms with Gasteiger partial charge in [-0.25, -0.2) is 4.98 Å². The SMILES string of the molecule is CCOC(CCn1ccnc1C)OCC. The number of ether oxygens (including phenoxy) is 2. The summed E-state index contributed by atoms with van der Waals surface area (Å²) in [5.41, 5.74) is 0. The number of rotatable bonds is 7. The van der Waals surface area contributed by atoms with Gasteiger partial charge in [0.25, 0.3) is 0 Å². The molecule has 0 amide bonds. The molecule has 0 aliphatic carbocycles. The van der Waals surface area contributed by atoms with Crippen molar-refractivity contribution in [2.45, 2.75) is 40.0 Å². The fourth-order valence-electron chi connectivity index (χ4n) is 1.47. The van der Waals surface area contributed by atoms with E-state index >= 15 is 0 Å². The first-order chi connectivity index (χ1) is 7.27. The number of aromatic nitrogens is 2. The van der Waals surface area contributed by atoms with Gasteiger partial charge in [0.15, 0.2) is 6.29 Å². The monoisotopic (exact) mass is 212 g/mol. The molecule has 1 rings (SSSR count). The van der Waals surface area contributed by atoms with E-state index in [4.69, 9.17) is 9.47 Å². The molecule has 0 radical (unpaired) electrons. The average molecular weight is 212 g/mol. The zero-order chi connectivity index (χ0) is 11.1. The Morgan fingerprint density at radius 3 is 2.47 bits per heavy atom. The summed E-state index contributed by atoms with van der Waals surface area (Å²) in [5.74, 6) is 1.03. The molecule has 0 saturated heterocycles. The van der Waals surface area contributed by atoms with E-state index < -0.39 is 0 Å². The maximum absolute atomic E-state index is 5.46. The van der Waals surface area contributed by atoms with Crippen LogP contribution >= 0.6 is 0 Å². The highest BCUT2D eigenvalue weighted by atomic mass is 16.7. The first kappa shape index (κ1) is 12.2. The summed E-state index contributed by atoms with van der Waals surface area (Å²) in [6, 6.07) is 0. The third kappa shape index (κ3) is 4.01. The van der Waals surface area contributed by atoms with Gasteiger partial charge in [-0.15, -0.1) is 0 Å². The first-order valence-corrected chi connectivity index (χ1v) is 5.48. The molecule has 0 aliphatic rings. The van der Waals surface area contributed by atoms with Gasteiger partial charge in [-0.1, -0.05) is 0 Å². The molecule has 0 fully saturated rings. The zero-order valence-electron chi connectivity index (χ0n) is 9.77. The van der Waals surface area contributed by atoms with Gasteiger partial charge < -0.3 is 14.0 Å². The maximum atomic E-state index is 5.46. The molecule has 0 saturated carbocycles. The van der Waals surface area contributed by atoms with Crippen molar-refractivity contribution in [2.75, 3.05) is 13.2 Å². The van der Waals surface area contributed by atoms with Crippen molar-refractivity contribution < 1.29 is 9.47 Å². The second-order valence-electron chi connectivity index (χ2n) is 3.30. The van der Waals surface area contributed by atoms with E-state index in [2.05, 4.69) is 9.55 Å². The minimum atomic E-state index is -0.0956. The fourth-order valence-corrected chi connectivity index (χ4v) is 1.47. The summed E-state index contributed by atoms with van der Waals surface area (Å²) < 4.78 is 13.0. The van der Waals surface area contributed by atoms with Gasteiger partial charge in [0, 0.05) is 38.6 Å². The average Bonchev–Trinajstić information content (AvgIpc) is 2.61. The Labute approximate surface area is 91.2 Å². The molecule has 0 aromatic carbocycles. The minimum absolute atomic E-state index is 0.0956. The van der Waals surface area contributed by atoms with E-state index in [1.165, 1.54) is 0 Å². The smallest absolute Gasteiger partial charge is 0.159 e. The molecular weight excluding hydrogens is 192 g/mol. The van der Waals surface area contributed by atoms with Gasteiger partial charge in [-0.05, 0) is 20.8 Å². The van der Waals surface area contributed by atoms with Gasteiger partial charge in [-0.2, -0.15) is 0 Å². The predicted molar refractivity (Wildman–Crippen MR) is 58.6 cm³/mol. The van der Waals surface area contributed by atoms with Crippen molar-refractivity contribution in [3.63, 3.8) is 0 Å². The highest BCUT2D eigenvalue weighted by Gasteiger charge is 2.08. The van der Waals surface area contributed by atoms with E-state index in [0.29, 0.717) is 13.2 Å². The van der Waals surface area contributed by atoms with E-state index in [9.17, 15) is 0 Å². The van der Waals surface area contributed by atoms with Crippen LogP contribution in [0, 0.1) is 6.92 Å². The molecule has 0 atom stereocenters. The van der Waals surface area contributed by atoms with Gasteiger partial charge in [0.1, 0.15) is 5.82 Å². The van der Waals surface area contributed by atoms with Crippen molar-refractivity contribution in [2.24, 2.45) is 0 Å². The maximum Gasteiger partial charge on any atom is 0.159 e. The Kier molecular flexibility index (Phi) is 5.36. The molecule has 0 unspecified atom stereocenters. The molecule has 0 spiro atoms. The molecule has 1 aromatic heterocycles. The third-order valence-corrected chi connectivity index (χ3v) is 2.23. The van der Waals surface area contributed by atoms with Crippen LogP contribution in [0.5, 0.6) is 0 Å². The number of hydrogen-bond acceptors (Lipinski definition) is 3. The Morgan fingerprint density at radius 2 is 2.00 bits per heavy atom. The van der Waals surface area contributed by atoms with Crippen LogP contribution in [0.4, 0.5) is 0 Å². The lowest BCUT2D eigenvalue weighted by atomic mass is 10.4. The summed E-state index contributed by atoms with van der Waals surface area (Å²) in [6.45, 7) is 8.22. The second kappa shape index (κ2) is 6.58. The van der Waals surface area contributed by atoms with Crippen LogP contribution in [0.3, 0.4) is 0 Å². The van der Waals surface area contributed by atoms with Gasteiger partial charge >= 0.3 is 0 Å². The van der Waals surface area contributed by atoms with Crippen molar-refractivity contribution in [1.82, 2.24) is 9.55 Å².